The zero-order chi connectivity index (χ0) is 20.0. The van der Waals surface area contributed by atoms with Gasteiger partial charge in [-0.1, -0.05) is 45.0 Å². The highest BCUT2D eigenvalue weighted by molar-refractivity contribution is 6.09. The fraction of sp³-hybridized carbons (Fsp3) is 0.227. The lowest BCUT2D eigenvalue weighted by Crippen LogP contribution is -2.13. The highest BCUT2D eigenvalue weighted by atomic mass is 16.5. The predicted octanol–water partition coefficient (Wildman–Crippen LogP) is 4.32. The normalized spacial score (nSPS) is 11.4. The van der Waals surface area contributed by atoms with Crippen LogP contribution in [0.15, 0.2) is 54.1 Å². The van der Waals surface area contributed by atoms with Crippen LogP contribution >= 0.6 is 0 Å². The van der Waals surface area contributed by atoms with Crippen molar-refractivity contribution in [1.29, 1.82) is 5.26 Å². The number of benzene rings is 2. The molecule has 0 bridgehead atoms. The number of hydrogen-bond donors (Lipinski definition) is 1. The van der Waals surface area contributed by atoms with Crippen molar-refractivity contribution in [2.45, 2.75) is 26.2 Å². The summed E-state index contributed by atoms with van der Waals surface area (Å²) in [5, 5.41) is 12.0. The van der Waals surface area contributed by atoms with Gasteiger partial charge < -0.3 is 10.1 Å². The third-order valence-corrected chi connectivity index (χ3v) is 4.02. The number of nitrogens with one attached hydrogen (secondary N) is 1. The molecule has 0 radical (unpaired) electrons. The number of carbonyl (C=O) groups excluding carboxylic acids is 2. The van der Waals surface area contributed by atoms with Gasteiger partial charge in [0.25, 0.3) is 5.91 Å². The number of rotatable bonds is 4. The summed E-state index contributed by atoms with van der Waals surface area (Å²) in [6.45, 7) is 6.37. The minimum absolute atomic E-state index is 0.00412. The highest BCUT2D eigenvalue weighted by Gasteiger charge is 2.14. The molecule has 5 heteroatoms. The lowest BCUT2D eigenvalue weighted by Gasteiger charge is -2.18. The number of nitrogens with zero attached hydrogens (tertiary/aromatic N) is 1. The van der Waals surface area contributed by atoms with E-state index in [4.69, 9.17) is 0 Å². The Labute approximate surface area is 159 Å². The Morgan fingerprint density at radius 2 is 1.63 bits per heavy atom. The first-order valence-corrected chi connectivity index (χ1v) is 8.46. The van der Waals surface area contributed by atoms with E-state index in [1.54, 1.807) is 30.3 Å². The van der Waals surface area contributed by atoms with Crippen LogP contribution in [0, 0.1) is 11.3 Å². The molecule has 2 aromatic rings. The van der Waals surface area contributed by atoms with Crippen molar-refractivity contribution in [3.63, 3.8) is 0 Å². The molecule has 0 heterocycles. The Balaban J connectivity index is 2.14. The molecule has 1 amide bonds. The number of hydrogen-bond acceptors (Lipinski definition) is 4. The summed E-state index contributed by atoms with van der Waals surface area (Å²) in [6.07, 6.45) is 1.55. The van der Waals surface area contributed by atoms with E-state index in [-0.39, 0.29) is 11.0 Å². The standard InChI is InChI=1S/C22H22N2O3/c1-22(2,3)18-9-5-15(6-10-18)13-17(14-23)20(25)24-19-11-7-16(8-12-19)21(26)27-4/h5-13H,1-4H3,(H,24,25)/b17-13+. The molecular formula is C22H22N2O3. The Hall–Kier alpha value is -3.39. The first-order chi connectivity index (χ1) is 12.7. The topological polar surface area (TPSA) is 79.2 Å². The average molecular weight is 362 g/mol. The Bertz CT molecular complexity index is 897. The fourth-order valence-corrected chi connectivity index (χ4v) is 2.40. The molecule has 0 spiro atoms. The van der Waals surface area contributed by atoms with Crippen molar-refractivity contribution in [3.05, 3.63) is 70.8 Å². The maximum Gasteiger partial charge on any atom is 0.337 e. The van der Waals surface area contributed by atoms with Crippen LogP contribution in [-0.2, 0) is 14.9 Å². The van der Waals surface area contributed by atoms with Crippen molar-refractivity contribution in [2.75, 3.05) is 12.4 Å². The molecule has 5 nitrogen and oxygen atoms in total. The Morgan fingerprint density at radius 3 is 2.11 bits per heavy atom. The van der Waals surface area contributed by atoms with Crippen molar-refractivity contribution >= 4 is 23.6 Å². The largest absolute Gasteiger partial charge is 0.465 e. The summed E-state index contributed by atoms with van der Waals surface area (Å²) in [7, 11) is 1.30. The van der Waals surface area contributed by atoms with E-state index < -0.39 is 11.9 Å². The van der Waals surface area contributed by atoms with Gasteiger partial charge in [0.1, 0.15) is 11.6 Å². The molecule has 0 saturated carbocycles. The molecule has 0 aliphatic rings. The minimum atomic E-state index is -0.511. The van der Waals surface area contributed by atoms with Gasteiger partial charge in [0.15, 0.2) is 0 Å². The van der Waals surface area contributed by atoms with E-state index in [2.05, 4.69) is 30.8 Å². The highest BCUT2D eigenvalue weighted by Crippen LogP contribution is 2.23. The Kier molecular flexibility index (Phi) is 6.15. The van der Waals surface area contributed by atoms with E-state index in [0.717, 1.165) is 5.56 Å². The summed E-state index contributed by atoms with van der Waals surface area (Å²) in [5.41, 5.74) is 2.84. The monoisotopic (exact) mass is 362 g/mol. The van der Waals surface area contributed by atoms with Crippen LogP contribution in [0.25, 0.3) is 6.08 Å². The number of carbonyl (C=O) groups is 2. The molecule has 27 heavy (non-hydrogen) atoms. The SMILES string of the molecule is COC(=O)c1ccc(NC(=O)/C(C#N)=C/c2ccc(C(C)(C)C)cc2)cc1. The van der Waals surface area contributed by atoms with Crippen LogP contribution in [0.1, 0.15) is 42.3 Å². The second-order valence-corrected chi connectivity index (χ2v) is 7.06. The molecule has 0 saturated heterocycles. The van der Waals surface area contributed by atoms with Crippen molar-refractivity contribution in [3.8, 4) is 6.07 Å². The molecule has 138 valence electrons. The van der Waals surface area contributed by atoms with Gasteiger partial charge in [0, 0.05) is 5.69 Å². The molecule has 0 aliphatic carbocycles. The predicted molar refractivity (Wildman–Crippen MR) is 105 cm³/mol. The van der Waals surface area contributed by atoms with Crippen LogP contribution in [-0.4, -0.2) is 19.0 Å². The lowest BCUT2D eigenvalue weighted by molar-refractivity contribution is -0.112. The lowest BCUT2D eigenvalue weighted by atomic mass is 9.86. The van der Waals surface area contributed by atoms with Crippen LogP contribution < -0.4 is 5.32 Å². The van der Waals surface area contributed by atoms with Gasteiger partial charge in [-0.25, -0.2) is 4.79 Å². The third-order valence-electron chi connectivity index (χ3n) is 4.02. The molecule has 0 fully saturated rings. The molecule has 0 aromatic heterocycles. The molecule has 2 rings (SSSR count). The first-order valence-electron chi connectivity index (χ1n) is 8.46. The second-order valence-electron chi connectivity index (χ2n) is 7.06. The van der Waals surface area contributed by atoms with Crippen LogP contribution in [0.2, 0.25) is 0 Å². The molecule has 1 N–H and O–H groups in total. The van der Waals surface area contributed by atoms with Gasteiger partial charge in [-0.3, -0.25) is 4.79 Å². The molecule has 0 aliphatic heterocycles. The van der Waals surface area contributed by atoms with E-state index in [1.165, 1.54) is 12.7 Å². The van der Waals surface area contributed by atoms with Crippen molar-refractivity contribution < 1.29 is 14.3 Å². The minimum Gasteiger partial charge on any atom is -0.465 e. The van der Waals surface area contributed by atoms with Crippen LogP contribution in [0.3, 0.4) is 0 Å². The molecule has 2 aromatic carbocycles. The zero-order valence-corrected chi connectivity index (χ0v) is 15.9. The third kappa shape index (κ3) is 5.29. The average Bonchev–Trinajstić information content (AvgIpc) is 2.65. The Morgan fingerprint density at radius 1 is 1.04 bits per heavy atom. The van der Waals surface area contributed by atoms with E-state index >= 15 is 0 Å². The molecular weight excluding hydrogens is 340 g/mol. The van der Waals surface area contributed by atoms with Crippen molar-refractivity contribution in [2.24, 2.45) is 0 Å². The van der Waals surface area contributed by atoms with E-state index in [0.29, 0.717) is 11.3 Å². The van der Waals surface area contributed by atoms with Gasteiger partial charge in [-0.2, -0.15) is 5.26 Å². The summed E-state index contributed by atoms with van der Waals surface area (Å²) in [4.78, 5) is 23.8. The smallest absolute Gasteiger partial charge is 0.337 e. The molecule has 0 unspecified atom stereocenters. The van der Waals surface area contributed by atoms with Crippen molar-refractivity contribution in [1.82, 2.24) is 0 Å². The second kappa shape index (κ2) is 8.33. The fourth-order valence-electron chi connectivity index (χ4n) is 2.40. The summed E-state index contributed by atoms with van der Waals surface area (Å²) in [6, 6.07) is 15.9. The number of methoxy groups -OCH3 is 1. The number of ether oxygens (including phenoxy) is 1. The van der Waals surface area contributed by atoms with Crippen LogP contribution in [0.4, 0.5) is 5.69 Å². The summed E-state index contributed by atoms with van der Waals surface area (Å²) < 4.78 is 4.63. The van der Waals surface area contributed by atoms with Gasteiger partial charge in [0.05, 0.1) is 12.7 Å². The maximum absolute atomic E-state index is 12.4. The number of nitriles is 1. The van der Waals surface area contributed by atoms with Gasteiger partial charge in [-0.05, 0) is 46.9 Å². The summed E-state index contributed by atoms with van der Waals surface area (Å²) >= 11 is 0. The number of amides is 1. The van der Waals surface area contributed by atoms with E-state index in [9.17, 15) is 14.9 Å². The zero-order valence-electron chi connectivity index (χ0n) is 15.9. The van der Waals surface area contributed by atoms with Crippen LogP contribution in [0.5, 0.6) is 0 Å². The van der Waals surface area contributed by atoms with Gasteiger partial charge in [-0.15, -0.1) is 0 Å². The molecule has 0 atom stereocenters. The van der Waals surface area contributed by atoms with E-state index in [1.807, 2.05) is 30.3 Å². The first kappa shape index (κ1) is 19.9. The van der Waals surface area contributed by atoms with Gasteiger partial charge >= 0.3 is 5.97 Å². The van der Waals surface area contributed by atoms with Gasteiger partial charge in [0.2, 0.25) is 0 Å². The summed E-state index contributed by atoms with van der Waals surface area (Å²) in [5.74, 6) is -0.965. The maximum atomic E-state index is 12.4. The number of anilines is 1. The quantitative estimate of drug-likeness (QED) is 0.499. The number of esters is 1.